The number of aromatic nitrogens is 3. The van der Waals surface area contributed by atoms with Gasteiger partial charge in [0, 0.05) is 23.3 Å². The number of hydrogen-bond acceptors (Lipinski definition) is 6. The number of carbonyl (C=O) groups is 1. The summed E-state index contributed by atoms with van der Waals surface area (Å²) in [6, 6.07) is 15.2. The van der Waals surface area contributed by atoms with Crippen LogP contribution in [0.1, 0.15) is 5.56 Å². The lowest BCUT2D eigenvalue weighted by Crippen LogP contribution is -2.15. The summed E-state index contributed by atoms with van der Waals surface area (Å²) in [6.07, 6.45) is 1.68. The molecule has 0 saturated carbocycles. The van der Waals surface area contributed by atoms with Crippen LogP contribution in [0.4, 0.5) is 11.8 Å². The van der Waals surface area contributed by atoms with Crippen LogP contribution in [-0.2, 0) is 11.3 Å². The minimum atomic E-state index is -0.987. The quantitative estimate of drug-likeness (QED) is 0.545. The van der Waals surface area contributed by atoms with Gasteiger partial charge in [-0.25, -0.2) is 4.98 Å². The van der Waals surface area contributed by atoms with E-state index in [1.165, 1.54) is 0 Å². The Hall–Kier alpha value is -3.00. The summed E-state index contributed by atoms with van der Waals surface area (Å²) >= 11 is 3.52. The molecule has 0 aliphatic heterocycles. The fourth-order valence-corrected chi connectivity index (χ4v) is 2.67. The standard InChI is InChI=1S/C18H16BrN5O2/c19-13-6-2-1-5-12(13)10-21-16-9-15(14-7-3-4-8-20-14)23-18(24-16)22-11-17(25)26/h1-9H,10-11H2,(H,25,26)(H2,21,22,23,24). The molecule has 3 aromatic rings. The lowest BCUT2D eigenvalue weighted by Gasteiger charge is -2.11. The van der Waals surface area contributed by atoms with Crippen molar-refractivity contribution in [3.63, 3.8) is 0 Å². The lowest BCUT2D eigenvalue weighted by atomic mass is 10.2. The first-order chi connectivity index (χ1) is 12.6. The molecule has 0 amide bonds. The van der Waals surface area contributed by atoms with Gasteiger partial charge in [0.15, 0.2) is 0 Å². The molecule has 3 N–H and O–H groups in total. The van der Waals surface area contributed by atoms with E-state index < -0.39 is 5.97 Å². The molecule has 0 fully saturated rings. The van der Waals surface area contributed by atoms with Crippen LogP contribution in [0, 0.1) is 0 Å². The largest absolute Gasteiger partial charge is 0.480 e. The van der Waals surface area contributed by atoms with Crippen molar-refractivity contribution in [1.29, 1.82) is 0 Å². The Morgan fingerprint density at radius 1 is 1.04 bits per heavy atom. The van der Waals surface area contributed by atoms with Crippen molar-refractivity contribution in [1.82, 2.24) is 15.0 Å². The number of carboxylic acid groups (broad SMARTS) is 1. The van der Waals surface area contributed by atoms with Crippen molar-refractivity contribution in [3.8, 4) is 11.4 Å². The fraction of sp³-hybridized carbons (Fsp3) is 0.111. The molecule has 0 atom stereocenters. The van der Waals surface area contributed by atoms with Gasteiger partial charge >= 0.3 is 5.97 Å². The zero-order valence-electron chi connectivity index (χ0n) is 13.7. The van der Waals surface area contributed by atoms with Gasteiger partial charge in [0.1, 0.15) is 12.4 Å². The number of hydrogen-bond donors (Lipinski definition) is 3. The van der Waals surface area contributed by atoms with Gasteiger partial charge in [0.05, 0.1) is 11.4 Å². The predicted molar refractivity (Wildman–Crippen MR) is 103 cm³/mol. The van der Waals surface area contributed by atoms with Crippen LogP contribution < -0.4 is 10.6 Å². The number of aliphatic carboxylic acids is 1. The van der Waals surface area contributed by atoms with E-state index in [1.807, 2.05) is 42.5 Å². The number of rotatable bonds is 7. The minimum absolute atomic E-state index is 0.227. The van der Waals surface area contributed by atoms with E-state index in [1.54, 1.807) is 12.3 Å². The number of nitrogens with one attached hydrogen (secondary N) is 2. The zero-order chi connectivity index (χ0) is 18.4. The molecule has 0 aliphatic carbocycles. The fourth-order valence-electron chi connectivity index (χ4n) is 2.24. The SMILES string of the molecule is O=C(O)CNc1nc(NCc2ccccc2Br)cc(-c2ccccn2)n1. The Kier molecular flexibility index (Phi) is 5.75. The van der Waals surface area contributed by atoms with Gasteiger partial charge in [-0.3, -0.25) is 9.78 Å². The Morgan fingerprint density at radius 2 is 1.85 bits per heavy atom. The zero-order valence-corrected chi connectivity index (χ0v) is 15.3. The van der Waals surface area contributed by atoms with Gasteiger partial charge in [-0.05, 0) is 23.8 Å². The Labute approximate surface area is 158 Å². The van der Waals surface area contributed by atoms with E-state index in [9.17, 15) is 4.79 Å². The first-order valence-corrected chi connectivity index (χ1v) is 8.64. The van der Waals surface area contributed by atoms with Crippen molar-refractivity contribution in [2.24, 2.45) is 0 Å². The van der Waals surface area contributed by atoms with Crippen molar-refractivity contribution in [2.45, 2.75) is 6.54 Å². The molecule has 1 aromatic carbocycles. The third-order valence-electron chi connectivity index (χ3n) is 3.47. The number of anilines is 2. The summed E-state index contributed by atoms with van der Waals surface area (Å²) < 4.78 is 0.996. The summed E-state index contributed by atoms with van der Waals surface area (Å²) in [5.74, 6) is -0.186. The highest BCUT2D eigenvalue weighted by Crippen LogP contribution is 2.21. The predicted octanol–water partition coefficient (Wildman–Crippen LogP) is 3.41. The topological polar surface area (TPSA) is 100 Å². The molecule has 2 aromatic heterocycles. The molecule has 0 spiro atoms. The van der Waals surface area contributed by atoms with Crippen LogP contribution in [0.3, 0.4) is 0 Å². The second-order valence-electron chi connectivity index (χ2n) is 5.37. The van der Waals surface area contributed by atoms with E-state index in [2.05, 4.69) is 41.5 Å². The highest BCUT2D eigenvalue weighted by Gasteiger charge is 2.09. The second kappa shape index (κ2) is 8.39. The summed E-state index contributed by atoms with van der Waals surface area (Å²) in [7, 11) is 0. The minimum Gasteiger partial charge on any atom is -0.480 e. The van der Waals surface area contributed by atoms with E-state index in [-0.39, 0.29) is 12.5 Å². The lowest BCUT2D eigenvalue weighted by molar-refractivity contribution is -0.134. The van der Waals surface area contributed by atoms with E-state index >= 15 is 0 Å². The maximum atomic E-state index is 10.8. The van der Waals surface area contributed by atoms with Gasteiger partial charge in [-0.1, -0.05) is 40.2 Å². The van der Waals surface area contributed by atoms with Gasteiger partial charge in [0.2, 0.25) is 5.95 Å². The molecular formula is C18H16BrN5O2. The normalized spacial score (nSPS) is 10.3. The summed E-state index contributed by atoms with van der Waals surface area (Å²) in [4.78, 5) is 23.8. The smallest absolute Gasteiger partial charge is 0.322 e. The van der Waals surface area contributed by atoms with Crippen LogP contribution in [0.25, 0.3) is 11.4 Å². The van der Waals surface area contributed by atoms with Gasteiger partial charge in [-0.15, -0.1) is 0 Å². The molecule has 3 rings (SSSR count). The average Bonchev–Trinajstić information content (AvgIpc) is 2.66. The van der Waals surface area contributed by atoms with Crippen molar-refractivity contribution in [2.75, 3.05) is 17.2 Å². The van der Waals surface area contributed by atoms with E-state index in [0.29, 0.717) is 23.8 Å². The molecule has 7 nitrogen and oxygen atoms in total. The molecule has 0 unspecified atom stereocenters. The molecule has 0 bridgehead atoms. The first-order valence-electron chi connectivity index (χ1n) is 7.85. The molecule has 0 radical (unpaired) electrons. The third kappa shape index (κ3) is 4.76. The summed E-state index contributed by atoms with van der Waals surface area (Å²) in [6.45, 7) is 0.286. The van der Waals surface area contributed by atoms with Crippen molar-refractivity contribution in [3.05, 3.63) is 64.8 Å². The number of carboxylic acids is 1. The van der Waals surface area contributed by atoms with Crippen LogP contribution in [-0.4, -0.2) is 32.6 Å². The highest BCUT2D eigenvalue weighted by molar-refractivity contribution is 9.10. The Bertz CT molecular complexity index is 905. The summed E-state index contributed by atoms with van der Waals surface area (Å²) in [5, 5.41) is 14.8. The third-order valence-corrected chi connectivity index (χ3v) is 4.24. The van der Waals surface area contributed by atoms with Crippen molar-refractivity contribution >= 4 is 33.7 Å². The molecule has 2 heterocycles. The molecule has 0 saturated heterocycles. The monoisotopic (exact) mass is 413 g/mol. The van der Waals surface area contributed by atoms with E-state index in [4.69, 9.17) is 5.11 Å². The average molecular weight is 414 g/mol. The van der Waals surface area contributed by atoms with Gasteiger partial charge in [0.25, 0.3) is 0 Å². The number of benzene rings is 1. The first kappa shape index (κ1) is 17.8. The summed E-state index contributed by atoms with van der Waals surface area (Å²) in [5.41, 5.74) is 2.35. The molecule has 0 aliphatic rings. The molecule has 132 valence electrons. The number of pyridine rings is 1. The van der Waals surface area contributed by atoms with Crippen LogP contribution in [0.5, 0.6) is 0 Å². The second-order valence-corrected chi connectivity index (χ2v) is 6.22. The van der Waals surface area contributed by atoms with Crippen LogP contribution in [0.2, 0.25) is 0 Å². The Morgan fingerprint density at radius 3 is 2.58 bits per heavy atom. The van der Waals surface area contributed by atoms with Gasteiger partial charge < -0.3 is 15.7 Å². The van der Waals surface area contributed by atoms with Gasteiger partial charge in [-0.2, -0.15) is 4.98 Å². The number of nitrogens with zero attached hydrogens (tertiary/aromatic N) is 3. The highest BCUT2D eigenvalue weighted by atomic mass is 79.9. The maximum Gasteiger partial charge on any atom is 0.322 e. The number of halogens is 1. The molecule has 26 heavy (non-hydrogen) atoms. The van der Waals surface area contributed by atoms with Crippen LogP contribution >= 0.6 is 15.9 Å². The molecular weight excluding hydrogens is 398 g/mol. The molecule has 8 heteroatoms. The van der Waals surface area contributed by atoms with E-state index in [0.717, 1.165) is 10.0 Å². The van der Waals surface area contributed by atoms with Crippen molar-refractivity contribution < 1.29 is 9.90 Å². The Balaban J connectivity index is 1.86. The maximum absolute atomic E-state index is 10.8. The van der Waals surface area contributed by atoms with Crippen LogP contribution in [0.15, 0.2) is 59.2 Å².